The summed E-state index contributed by atoms with van der Waals surface area (Å²) in [4.78, 5) is 8.70. The monoisotopic (exact) mass is 325 g/mol. The van der Waals surface area contributed by atoms with E-state index in [1.54, 1.807) is 0 Å². The van der Waals surface area contributed by atoms with E-state index < -0.39 is 0 Å². The minimum atomic E-state index is 0.701. The van der Waals surface area contributed by atoms with Gasteiger partial charge in [0.15, 0.2) is 0 Å². The molecule has 18 heavy (non-hydrogen) atoms. The Kier molecular flexibility index (Phi) is 4.19. The summed E-state index contributed by atoms with van der Waals surface area (Å²) in [5.74, 6) is 1.56. The first kappa shape index (κ1) is 13.3. The highest BCUT2D eigenvalue weighted by atomic mass is 79.9. The van der Waals surface area contributed by atoms with Gasteiger partial charge < -0.3 is 5.32 Å². The molecule has 0 atom stereocenters. The molecule has 0 amide bonds. The number of benzene rings is 1. The number of nitrogens with one attached hydrogen (secondary N) is 1. The summed E-state index contributed by atoms with van der Waals surface area (Å²) < 4.78 is 0.775. The Morgan fingerprint density at radius 2 is 2.06 bits per heavy atom. The van der Waals surface area contributed by atoms with Crippen LogP contribution in [0.3, 0.4) is 0 Å². The molecular formula is C13H13BrClN3. The number of rotatable bonds is 3. The molecule has 1 heterocycles. The second-order valence-corrected chi connectivity index (χ2v) is 5.18. The number of hydrogen-bond donors (Lipinski definition) is 1. The van der Waals surface area contributed by atoms with Gasteiger partial charge in [0, 0.05) is 23.2 Å². The lowest BCUT2D eigenvalue weighted by Gasteiger charge is -2.10. The maximum atomic E-state index is 5.99. The van der Waals surface area contributed by atoms with Crippen LogP contribution in [0.5, 0.6) is 0 Å². The van der Waals surface area contributed by atoms with Crippen LogP contribution in [0.1, 0.15) is 18.3 Å². The highest BCUT2D eigenvalue weighted by Gasteiger charge is 2.04. The van der Waals surface area contributed by atoms with Crippen molar-refractivity contribution in [3.63, 3.8) is 0 Å². The van der Waals surface area contributed by atoms with E-state index in [0.717, 1.165) is 33.9 Å². The fourth-order valence-corrected chi connectivity index (χ4v) is 2.15. The van der Waals surface area contributed by atoms with E-state index in [1.807, 2.05) is 38.1 Å². The van der Waals surface area contributed by atoms with E-state index >= 15 is 0 Å². The van der Waals surface area contributed by atoms with Crippen LogP contribution in [-0.2, 0) is 6.42 Å². The molecule has 94 valence electrons. The maximum Gasteiger partial charge on any atom is 0.135 e. The molecule has 0 unspecified atom stereocenters. The van der Waals surface area contributed by atoms with Crippen LogP contribution in [0.2, 0.25) is 5.02 Å². The second kappa shape index (κ2) is 5.67. The standard InChI is InChI=1S/C13H13BrClN3/c1-3-12-17-11(14)7-13(18-12)16-10-6-9(15)5-4-8(10)2/h4-7H,3H2,1-2H3,(H,16,17,18). The molecule has 1 aromatic carbocycles. The van der Waals surface area contributed by atoms with Gasteiger partial charge in [-0.3, -0.25) is 0 Å². The van der Waals surface area contributed by atoms with Gasteiger partial charge in [-0.1, -0.05) is 24.6 Å². The van der Waals surface area contributed by atoms with Crippen molar-refractivity contribution in [1.29, 1.82) is 0 Å². The topological polar surface area (TPSA) is 37.8 Å². The fraction of sp³-hybridized carbons (Fsp3) is 0.231. The number of nitrogens with zero attached hydrogens (tertiary/aromatic N) is 2. The number of anilines is 2. The molecule has 0 radical (unpaired) electrons. The number of halogens is 2. The third-order valence-corrected chi connectivity index (χ3v) is 3.16. The predicted molar refractivity (Wildman–Crippen MR) is 78.6 cm³/mol. The first-order valence-electron chi connectivity index (χ1n) is 5.65. The van der Waals surface area contributed by atoms with Crippen molar-refractivity contribution < 1.29 is 0 Å². The Bertz CT molecular complexity index is 572. The molecule has 0 bridgehead atoms. The van der Waals surface area contributed by atoms with Gasteiger partial charge in [-0.15, -0.1) is 0 Å². The van der Waals surface area contributed by atoms with Crippen molar-refractivity contribution in [3.8, 4) is 0 Å². The van der Waals surface area contributed by atoms with E-state index in [9.17, 15) is 0 Å². The van der Waals surface area contributed by atoms with Gasteiger partial charge in [0.05, 0.1) is 0 Å². The molecule has 1 aromatic heterocycles. The average molecular weight is 327 g/mol. The van der Waals surface area contributed by atoms with Crippen LogP contribution in [0.25, 0.3) is 0 Å². The van der Waals surface area contributed by atoms with Crippen LogP contribution in [0.4, 0.5) is 11.5 Å². The van der Waals surface area contributed by atoms with Gasteiger partial charge in [0.1, 0.15) is 16.2 Å². The lowest BCUT2D eigenvalue weighted by molar-refractivity contribution is 0.931. The molecule has 2 rings (SSSR count). The molecule has 1 N–H and O–H groups in total. The Labute approximate surface area is 120 Å². The Balaban J connectivity index is 2.33. The SMILES string of the molecule is CCc1nc(Br)cc(Nc2cc(Cl)ccc2C)n1. The zero-order valence-corrected chi connectivity index (χ0v) is 12.5. The molecule has 0 aliphatic heterocycles. The highest BCUT2D eigenvalue weighted by Crippen LogP contribution is 2.24. The van der Waals surface area contributed by atoms with E-state index in [4.69, 9.17) is 11.6 Å². The van der Waals surface area contributed by atoms with Crippen LogP contribution in [0, 0.1) is 6.92 Å². The molecule has 0 spiro atoms. The van der Waals surface area contributed by atoms with E-state index in [-0.39, 0.29) is 0 Å². The van der Waals surface area contributed by atoms with Gasteiger partial charge in [0.2, 0.25) is 0 Å². The molecule has 0 aliphatic rings. The number of hydrogen-bond acceptors (Lipinski definition) is 3. The molecule has 5 heteroatoms. The van der Waals surface area contributed by atoms with Crippen molar-refractivity contribution >= 4 is 39.0 Å². The van der Waals surface area contributed by atoms with Crippen LogP contribution in [-0.4, -0.2) is 9.97 Å². The Hall–Kier alpha value is -1.13. The summed E-state index contributed by atoms with van der Waals surface area (Å²) in [7, 11) is 0. The molecule has 0 saturated carbocycles. The van der Waals surface area contributed by atoms with Gasteiger partial charge in [0.25, 0.3) is 0 Å². The highest BCUT2D eigenvalue weighted by molar-refractivity contribution is 9.10. The van der Waals surface area contributed by atoms with Crippen LogP contribution in [0.15, 0.2) is 28.9 Å². The molecule has 0 saturated heterocycles. The first-order valence-corrected chi connectivity index (χ1v) is 6.82. The zero-order valence-electron chi connectivity index (χ0n) is 10.2. The van der Waals surface area contributed by atoms with Gasteiger partial charge in [-0.05, 0) is 40.5 Å². The van der Waals surface area contributed by atoms with Gasteiger partial charge in [-0.2, -0.15) is 0 Å². The number of aromatic nitrogens is 2. The molecule has 0 aliphatic carbocycles. The van der Waals surface area contributed by atoms with E-state index in [0.29, 0.717) is 5.02 Å². The van der Waals surface area contributed by atoms with Crippen molar-refractivity contribution in [1.82, 2.24) is 9.97 Å². The average Bonchev–Trinajstić information content (AvgIpc) is 2.33. The van der Waals surface area contributed by atoms with Gasteiger partial charge in [-0.25, -0.2) is 9.97 Å². The summed E-state index contributed by atoms with van der Waals surface area (Å²) in [6.07, 6.45) is 0.794. The third-order valence-electron chi connectivity index (χ3n) is 2.52. The van der Waals surface area contributed by atoms with E-state index in [2.05, 4.69) is 31.2 Å². The quantitative estimate of drug-likeness (QED) is 0.843. The number of aryl methyl sites for hydroxylation is 2. The summed E-state index contributed by atoms with van der Waals surface area (Å²) in [6.45, 7) is 4.05. The van der Waals surface area contributed by atoms with Crippen molar-refractivity contribution in [2.45, 2.75) is 20.3 Å². The molecule has 3 nitrogen and oxygen atoms in total. The third kappa shape index (κ3) is 3.21. The molecular weight excluding hydrogens is 314 g/mol. The minimum absolute atomic E-state index is 0.701. The van der Waals surface area contributed by atoms with E-state index in [1.165, 1.54) is 0 Å². The van der Waals surface area contributed by atoms with Crippen LogP contribution < -0.4 is 5.32 Å². The smallest absolute Gasteiger partial charge is 0.135 e. The van der Waals surface area contributed by atoms with Crippen molar-refractivity contribution in [2.24, 2.45) is 0 Å². The summed E-state index contributed by atoms with van der Waals surface area (Å²) in [6, 6.07) is 7.58. The van der Waals surface area contributed by atoms with Crippen LogP contribution >= 0.6 is 27.5 Å². The fourth-order valence-electron chi connectivity index (χ4n) is 1.55. The first-order chi connectivity index (χ1) is 8.58. The summed E-state index contributed by atoms with van der Waals surface area (Å²) in [5, 5.41) is 3.96. The summed E-state index contributed by atoms with van der Waals surface area (Å²) >= 11 is 9.37. The lowest BCUT2D eigenvalue weighted by Crippen LogP contribution is -2.00. The predicted octanol–water partition coefficient (Wildman–Crippen LogP) is 4.51. The van der Waals surface area contributed by atoms with Crippen molar-refractivity contribution in [3.05, 3.63) is 45.3 Å². The largest absolute Gasteiger partial charge is 0.340 e. The van der Waals surface area contributed by atoms with Gasteiger partial charge >= 0.3 is 0 Å². The van der Waals surface area contributed by atoms with Crippen molar-refractivity contribution in [2.75, 3.05) is 5.32 Å². The minimum Gasteiger partial charge on any atom is -0.340 e. The summed E-state index contributed by atoms with van der Waals surface area (Å²) in [5.41, 5.74) is 2.07. The molecule has 0 fully saturated rings. The molecule has 2 aromatic rings. The Morgan fingerprint density at radius 1 is 1.28 bits per heavy atom. The second-order valence-electron chi connectivity index (χ2n) is 3.93. The zero-order chi connectivity index (χ0) is 13.1. The maximum absolute atomic E-state index is 5.99. The normalized spacial score (nSPS) is 10.4. The Morgan fingerprint density at radius 3 is 2.78 bits per heavy atom. The lowest BCUT2D eigenvalue weighted by atomic mass is 10.2.